The molecule has 0 spiro atoms. The monoisotopic (exact) mass is 549 g/mol. The third-order valence-corrected chi connectivity index (χ3v) is 4.33. The summed E-state index contributed by atoms with van der Waals surface area (Å²) in [5.41, 5.74) is 4.20. The van der Waals surface area contributed by atoms with Crippen LogP contribution in [0, 0.1) is 18.2 Å². The Morgan fingerprint density at radius 3 is 1.86 bits per heavy atom. The Kier molecular flexibility index (Phi) is 7.47. The molecule has 4 aromatic carbocycles. The summed E-state index contributed by atoms with van der Waals surface area (Å²) in [4.78, 5) is 4.22. The molecule has 0 atom stereocenters. The molecule has 5 aromatic rings. The molecule has 2 heteroatoms. The number of nitrogens with zero attached hydrogens (tertiary/aromatic N) is 1. The van der Waals surface area contributed by atoms with E-state index >= 15 is 0 Å². The molecule has 5 rings (SSSR count). The minimum atomic E-state index is 0. The fourth-order valence-corrected chi connectivity index (χ4v) is 2.92. The second-order valence-electron chi connectivity index (χ2n) is 6.24. The summed E-state index contributed by atoms with van der Waals surface area (Å²) in [6, 6.07) is 43.8. The average molecular weight is 549 g/mol. The first-order valence-electron chi connectivity index (χ1n) is 9.16. The number of hydrogen-bond acceptors (Lipinski definition) is 1. The first-order chi connectivity index (χ1) is 13.9. The molecule has 140 valence electrons. The second kappa shape index (κ2) is 10.5. The third kappa shape index (κ3) is 5.48. The van der Waals surface area contributed by atoms with E-state index < -0.39 is 0 Å². The van der Waals surface area contributed by atoms with Gasteiger partial charge < -0.3 is 4.98 Å². The number of fused-ring (bicyclic) bond motifs is 1. The Morgan fingerprint density at radius 2 is 1.21 bits per heavy atom. The molecule has 0 radical (unpaired) electrons. The van der Waals surface area contributed by atoms with Crippen molar-refractivity contribution in [3.63, 3.8) is 0 Å². The van der Waals surface area contributed by atoms with E-state index in [1.165, 1.54) is 10.8 Å². The van der Waals surface area contributed by atoms with Gasteiger partial charge in [0, 0.05) is 6.20 Å². The smallest absolute Gasteiger partial charge is 0.305 e. The molecule has 0 saturated heterocycles. The molecule has 1 aromatic heterocycles. The molecule has 1 nitrogen and oxygen atoms in total. The molecule has 0 unspecified atom stereocenters. The van der Waals surface area contributed by atoms with Crippen molar-refractivity contribution in [1.29, 1.82) is 0 Å². The van der Waals surface area contributed by atoms with Gasteiger partial charge in [-0.1, -0.05) is 36.4 Å². The van der Waals surface area contributed by atoms with Gasteiger partial charge in [-0.05, 0) is 11.8 Å². The van der Waals surface area contributed by atoms with E-state index in [9.17, 15) is 0 Å². The van der Waals surface area contributed by atoms with E-state index in [0.717, 1.165) is 22.4 Å². The predicted molar refractivity (Wildman–Crippen MR) is 116 cm³/mol. The number of hydrogen-bond donors (Lipinski definition) is 0. The first kappa shape index (κ1) is 20.7. The molecule has 0 saturated carbocycles. The van der Waals surface area contributed by atoms with E-state index in [0.29, 0.717) is 0 Å². The van der Waals surface area contributed by atoms with Gasteiger partial charge in [0.05, 0.1) is 0 Å². The number of pyridine rings is 1. The normalized spacial score (nSPS) is 9.79. The van der Waals surface area contributed by atoms with Crippen LogP contribution in [0.4, 0.5) is 0 Å². The molecule has 0 amide bonds. The fourth-order valence-electron chi connectivity index (χ4n) is 2.92. The molecule has 0 bridgehead atoms. The van der Waals surface area contributed by atoms with E-state index in [1.54, 1.807) is 6.20 Å². The van der Waals surface area contributed by atoms with Gasteiger partial charge in [-0.25, -0.2) is 11.1 Å². The summed E-state index contributed by atoms with van der Waals surface area (Å²) in [5.74, 6) is 0. The number of rotatable bonds is 2. The SMILES string of the molecule is [Ir+3].[c-]1ccccc1-c1[c-]cc2ccccc2c1.[c-]1ccccc1-c1ccccn1. The van der Waals surface area contributed by atoms with Crippen LogP contribution in [-0.4, -0.2) is 4.98 Å². The molecular formula is C27H18IrN. The van der Waals surface area contributed by atoms with Crippen LogP contribution in [0.15, 0.2) is 109 Å². The van der Waals surface area contributed by atoms with Crippen molar-refractivity contribution in [3.8, 4) is 22.4 Å². The van der Waals surface area contributed by atoms with Crippen LogP contribution in [-0.2, 0) is 20.1 Å². The zero-order valence-electron chi connectivity index (χ0n) is 15.7. The molecule has 0 aliphatic carbocycles. The quantitative estimate of drug-likeness (QED) is 0.225. The number of aromatic nitrogens is 1. The van der Waals surface area contributed by atoms with Gasteiger partial charge in [0.1, 0.15) is 0 Å². The summed E-state index contributed by atoms with van der Waals surface area (Å²) >= 11 is 0. The zero-order valence-corrected chi connectivity index (χ0v) is 18.1. The van der Waals surface area contributed by atoms with Gasteiger partial charge in [-0.15, -0.1) is 58.8 Å². The minimum absolute atomic E-state index is 0. The first-order valence-corrected chi connectivity index (χ1v) is 9.16. The van der Waals surface area contributed by atoms with Crippen molar-refractivity contribution >= 4 is 10.8 Å². The van der Waals surface area contributed by atoms with Gasteiger partial charge in [0.25, 0.3) is 0 Å². The van der Waals surface area contributed by atoms with Crippen molar-refractivity contribution in [2.75, 3.05) is 0 Å². The topological polar surface area (TPSA) is 12.9 Å². The van der Waals surface area contributed by atoms with Crippen LogP contribution in [0.5, 0.6) is 0 Å². The van der Waals surface area contributed by atoms with Gasteiger partial charge in [-0.3, -0.25) is 0 Å². The molecule has 0 aliphatic rings. The van der Waals surface area contributed by atoms with Gasteiger partial charge in [0.15, 0.2) is 0 Å². The summed E-state index contributed by atoms with van der Waals surface area (Å²) < 4.78 is 0. The van der Waals surface area contributed by atoms with E-state index in [-0.39, 0.29) is 20.1 Å². The summed E-state index contributed by atoms with van der Waals surface area (Å²) in [6.07, 6.45) is 1.79. The maximum Gasteiger partial charge on any atom is 3.00 e. The average Bonchev–Trinajstić information content (AvgIpc) is 2.81. The van der Waals surface area contributed by atoms with Gasteiger partial charge in [0.2, 0.25) is 0 Å². The van der Waals surface area contributed by atoms with Crippen molar-refractivity contribution < 1.29 is 20.1 Å². The second-order valence-corrected chi connectivity index (χ2v) is 6.24. The van der Waals surface area contributed by atoms with Gasteiger partial charge in [-0.2, -0.15) is 36.4 Å². The van der Waals surface area contributed by atoms with E-state index in [1.807, 2.05) is 72.8 Å². The fraction of sp³-hybridized carbons (Fsp3) is 0. The molecule has 29 heavy (non-hydrogen) atoms. The van der Waals surface area contributed by atoms with Crippen molar-refractivity contribution in [3.05, 3.63) is 128 Å². The zero-order chi connectivity index (χ0) is 19.0. The summed E-state index contributed by atoms with van der Waals surface area (Å²) in [7, 11) is 0. The van der Waals surface area contributed by atoms with Crippen LogP contribution in [0.25, 0.3) is 33.2 Å². The third-order valence-electron chi connectivity index (χ3n) is 4.33. The van der Waals surface area contributed by atoms with Gasteiger partial charge >= 0.3 is 20.1 Å². The Hall–Kier alpha value is -3.06. The Labute approximate surface area is 185 Å². The largest absolute Gasteiger partial charge is 3.00 e. The van der Waals surface area contributed by atoms with Crippen molar-refractivity contribution in [1.82, 2.24) is 4.98 Å². The van der Waals surface area contributed by atoms with E-state index in [2.05, 4.69) is 53.5 Å². The van der Waals surface area contributed by atoms with Crippen LogP contribution >= 0.6 is 0 Å². The Bertz CT molecular complexity index is 1100. The maximum atomic E-state index is 4.22. The van der Waals surface area contributed by atoms with Crippen molar-refractivity contribution in [2.45, 2.75) is 0 Å². The minimum Gasteiger partial charge on any atom is -0.305 e. The van der Waals surface area contributed by atoms with Crippen LogP contribution < -0.4 is 0 Å². The standard InChI is InChI=1S/C16H10.C11H8N.Ir/c1-2-6-13(7-3-1)16-11-10-14-8-4-5-9-15(14)12-16;1-2-6-10(7-3-1)11-8-4-5-9-12-11;/h1-6,8-10,12H;1-6,8-9H;/q-2;-1;+3. The molecule has 0 N–H and O–H groups in total. The Morgan fingerprint density at radius 1 is 0.552 bits per heavy atom. The molecule has 1 heterocycles. The van der Waals surface area contributed by atoms with Crippen molar-refractivity contribution in [2.24, 2.45) is 0 Å². The summed E-state index contributed by atoms with van der Waals surface area (Å²) in [6.45, 7) is 0. The summed E-state index contributed by atoms with van der Waals surface area (Å²) in [5, 5.41) is 2.47. The number of benzene rings is 4. The van der Waals surface area contributed by atoms with E-state index in [4.69, 9.17) is 0 Å². The van der Waals surface area contributed by atoms with Crippen LogP contribution in [0.1, 0.15) is 0 Å². The maximum absolute atomic E-state index is 4.22. The van der Waals surface area contributed by atoms with Crippen LogP contribution in [0.2, 0.25) is 0 Å². The molecule has 0 aliphatic heterocycles. The molecule has 0 fully saturated rings. The Balaban J connectivity index is 0.000000167. The van der Waals surface area contributed by atoms with Crippen LogP contribution in [0.3, 0.4) is 0 Å². The molecular weight excluding hydrogens is 531 g/mol. The predicted octanol–water partition coefficient (Wildman–Crippen LogP) is 6.65.